The van der Waals surface area contributed by atoms with E-state index in [9.17, 15) is 14.4 Å². The maximum absolute atomic E-state index is 12.4. The molecule has 3 N–H and O–H groups in total. The molecule has 7 heteroatoms. The lowest BCUT2D eigenvalue weighted by atomic mass is 10.1. The minimum Gasteiger partial charge on any atom is -0.480 e. The average Bonchev–Trinajstić information content (AvgIpc) is 2.80. The number of anilines is 1. The van der Waals surface area contributed by atoms with Gasteiger partial charge in [-0.3, -0.25) is 25.2 Å². The monoisotopic (exact) mass is 445 g/mol. The normalized spacial score (nSPS) is 11.3. The Morgan fingerprint density at radius 1 is 0.727 bits per heavy atom. The Labute approximate surface area is 193 Å². The molecule has 1 atom stereocenters. The fourth-order valence-electron chi connectivity index (χ4n) is 3.24. The second-order valence-corrected chi connectivity index (χ2v) is 7.77. The quantitative estimate of drug-likeness (QED) is 0.498. The van der Waals surface area contributed by atoms with Gasteiger partial charge in [-0.2, -0.15) is 0 Å². The zero-order valence-electron chi connectivity index (χ0n) is 19.1. The Balaban J connectivity index is 1.53. The van der Waals surface area contributed by atoms with Crippen molar-refractivity contribution >= 4 is 23.4 Å². The Hall–Kier alpha value is -4.13. The molecule has 0 aliphatic rings. The van der Waals surface area contributed by atoms with Crippen molar-refractivity contribution in [3.8, 4) is 5.75 Å². The minimum atomic E-state index is -0.802. The molecule has 0 fully saturated rings. The van der Waals surface area contributed by atoms with E-state index >= 15 is 0 Å². The van der Waals surface area contributed by atoms with E-state index in [-0.39, 0.29) is 5.91 Å². The molecule has 33 heavy (non-hydrogen) atoms. The van der Waals surface area contributed by atoms with Crippen molar-refractivity contribution in [3.05, 3.63) is 94.5 Å². The largest absolute Gasteiger partial charge is 0.480 e. The lowest BCUT2D eigenvalue weighted by Gasteiger charge is -2.18. The van der Waals surface area contributed by atoms with Gasteiger partial charge in [0.1, 0.15) is 5.75 Å². The van der Waals surface area contributed by atoms with E-state index in [1.807, 2.05) is 51.1 Å². The molecular weight excluding hydrogens is 418 g/mol. The van der Waals surface area contributed by atoms with Crippen LogP contribution in [0.15, 0.2) is 66.7 Å². The molecule has 0 bridgehead atoms. The van der Waals surface area contributed by atoms with Gasteiger partial charge in [-0.05, 0) is 74.7 Å². The molecule has 0 heterocycles. The van der Waals surface area contributed by atoms with E-state index < -0.39 is 17.9 Å². The van der Waals surface area contributed by atoms with Crippen molar-refractivity contribution in [2.75, 3.05) is 5.32 Å². The summed E-state index contributed by atoms with van der Waals surface area (Å²) in [5.74, 6) is -0.544. The van der Waals surface area contributed by atoms with Gasteiger partial charge in [-0.15, -0.1) is 0 Å². The Morgan fingerprint density at radius 2 is 1.33 bits per heavy atom. The fourth-order valence-corrected chi connectivity index (χ4v) is 3.24. The summed E-state index contributed by atoms with van der Waals surface area (Å²) in [5, 5.41) is 2.81. The topological polar surface area (TPSA) is 96.5 Å². The maximum Gasteiger partial charge on any atom is 0.279 e. The van der Waals surface area contributed by atoms with Crippen LogP contribution in [0.4, 0.5) is 5.69 Å². The van der Waals surface area contributed by atoms with E-state index in [1.165, 1.54) is 0 Å². The van der Waals surface area contributed by atoms with E-state index in [4.69, 9.17) is 4.74 Å². The number of hydrogen-bond acceptors (Lipinski definition) is 4. The molecule has 0 aromatic heterocycles. The van der Waals surface area contributed by atoms with Gasteiger partial charge in [0.15, 0.2) is 6.10 Å². The minimum absolute atomic E-state index is 0.226. The molecule has 0 radical (unpaired) electrons. The predicted molar refractivity (Wildman–Crippen MR) is 127 cm³/mol. The lowest BCUT2D eigenvalue weighted by molar-refractivity contribution is -0.128. The molecule has 0 spiro atoms. The van der Waals surface area contributed by atoms with Gasteiger partial charge >= 0.3 is 0 Å². The SMILES string of the molecule is Cc1ccccc1C(=O)Nc1ccc(C(=O)NNC(=O)C(C)Oc2c(C)cccc2C)cc1. The third-order valence-corrected chi connectivity index (χ3v) is 5.17. The van der Waals surface area contributed by atoms with Crippen LogP contribution >= 0.6 is 0 Å². The lowest BCUT2D eigenvalue weighted by Crippen LogP contribution is -2.47. The fraction of sp³-hybridized carbons (Fsp3) is 0.192. The number of nitrogens with one attached hydrogen (secondary N) is 3. The van der Waals surface area contributed by atoms with Crippen LogP contribution in [0.5, 0.6) is 5.75 Å². The standard InChI is InChI=1S/C26H27N3O4/c1-16-8-5-6-11-22(16)26(32)27-21-14-12-20(13-15-21)25(31)29-28-24(30)19(4)33-23-17(2)9-7-10-18(23)3/h5-15,19H,1-4H3,(H,27,32)(H,28,30)(H,29,31). The van der Waals surface area contributed by atoms with Gasteiger partial charge in [-0.1, -0.05) is 36.4 Å². The van der Waals surface area contributed by atoms with E-state index in [2.05, 4.69) is 16.2 Å². The Bertz CT molecular complexity index is 1150. The van der Waals surface area contributed by atoms with Crippen LogP contribution in [0.25, 0.3) is 0 Å². The van der Waals surface area contributed by atoms with Crippen molar-refractivity contribution in [2.45, 2.75) is 33.8 Å². The zero-order chi connectivity index (χ0) is 24.0. The van der Waals surface area contributed by atoms with E-state index in [0.717, 1.165) is 16.7 Å². The summed E-state index contributed by atoms with van der Waals surface area (Å²) in [6, 6.07) is 19.4. The van der Waals surface area contributed by atoms with Crippen LogP contribution in [0.1, 0.15) is 44.3 Å². The van der Waals surface area contributed by atoms with Crippen LogP contribution in [0, 0.1) is 20.8 Å². The molecule has 1 unspecified atom stereocenters. The third kappa shape index (κ3) is 5.98. The molecule has 3 rings (SSSR count). The number of benzene rings is 3. The summed E-state index contributed by atoms with van der Waals surface area (Å²) in [5.41, 5.74) is 8.95. The van der Waals surface area contributed by atoms with Crippen LogP contribution in [0.3, 0.4) is 0 Å². The van der Waals surface area contributed by atoms with Crippen LogP contribution < -0.4 is 20.9 Å². The molecular formula is C26H27N3O4. The summed E-state index contributed by atoms with van der Waals surface area (Å²) >= 11 is 0. The summed E-state index contributed by atoms with van der Waals surface area (Å²) in [6.07, 6.45) is -0.802. The molecule has 3 aromatic carbocycles. The van der Waals surface area contributed by atoms with Crippen LogP contribution in [-0.2, 0) is 4.79 Å². The first-order valence-electron chi connectivity index (χ1n) is 10.6. The zero-order valence-corrected chi connectivity index (χ0v) is 19.1. The highest BCUT2D eigenvalue weighted by Crippen LogP contribution is 2.23. The molecule has 0 aliphatic heterocycles. The number of para-hydroxylation sites is 1. The van der Waals surface area contributed by atoms with Crippen molar-refractivity contribution in [3.63, 3.8) is 0 Å². The number of ether oxygens (including phenoxy) is 1. The van der Waals surface area contributed by atoms with Crippen molar-refractivity contribution in [1.82, 2.24) is 10.9 Å². The van der Waals surface area contributed by atoms with Crippen LogP contribution in [-0.4, -0.2) is 23.8 Å². The van der Waals surface area contributed by atoms with Gasteiger partial charge in [0.05, 0.1) is 0 Å². The molecule has 170 valence electrons. The predicted octanol–water partition coefficient (Wildman–Crippen LogP) is 4.09. The number of rotatable bonds is 6. The first-order chi connectivity index (χ1) is 15.8. The van der Waals surface area contributed by atoms with Crippen molar-refractivity contribution < 1.29 is 19.1 Å². The summed E-state index contributed by atoms with van der Waals surface area (Å²) < 4.78 is 5.77. The van der Waals surface area contributed by atoms with Crippen LogP contribution in [0.2, 0.25) is 0 Å². The van der Waals surface area contributed by atoms with E-state index in [1.54, 1.807) is 43.3 Å². The highest BCUT2D eigenvalue weighted by atomic mass is 16.5. The average molecular weight is 446 g/mol. The number of hydrogen-bond donors (Lipinski definition) is 3. The van der Waals surface area contributed by atoms with Crippen molar-refractivity contribution in [2.24, 2.45) is 0 Å². The smallest absolute Gasteiger partial charge is 0.279 e. The van der Waals surface area contributed by atoms with Gasteiger partial charge in [0.25, 0.3) is 17.7 Å². The van der Waals surface area contributed by atoms with E-state index in [0.29, 0.717) is 22.6 Å². The first kappa shape index (κ1) is 23.5. The highest BCUT2D eigenvalue weighted by molar-refractivity contribution is 6.05. The van der Waals surface area contributed by atoms with Gasteiger partial charge in [0, 0.05) is 16.8 Å². The second-order valence-electron chi connectivity index (χ2n) is 7.77. The third-order valence-electron chi connectivity index (χ3n) is 5.17. The molecule has 0 saturated heterocycles. The van der Waals surface area contributed by atoms with Gasteiger partial charge in [-0.25, -0.2) is 0 Å². The Kier molecular flexibility index (Phi) is 7.46. The number of carbonyl (C=O) groups is 3. The van der Waals surface area contributed by atoms with Gasteiger partial charge < -0.3 is 10.1 Å². The molecule has 3 amide bonds. The maximum atomic E-state index is 12.4. The number of aryl methyl sites for hydroxylation is 3. The number of hydrazine groups is 1. The summed E-state index contributed by atoms with van der Waals surface area (Å²) in [6.45, 7) is 7.29. The Morgan fingerprint density at radius 3 is 1.97 bits per heavy atom. The second kappa shape index (κ2) is 10.5. The number of amides is 3. The highest BCUT2D eigenvalue weighted by Gasteiger charge is 2.18. The number of carbonyl (C=O) groups excluding carboxylic acids is 3. The molecule has 0 saturated carbocycles. The first-order valence-corrected chi connectivity index (χ1v) is 10.6. The van der Waals surface area contributed by atoms with Crippen molar-refractivity contribution in [1.29, 1.82) is 0 Å². The van der Waals surface area contributed by atoms with Gasteiger partial charge in [0.2, 0.25) is 0 Å². The molecule has 7 nitrogen and oxygen atoms in total. The summed E-state index contributed by atoms with van der Waals surface area (Å²) in [4.78, 5) is 37.1. The molecule has 0 aliphatic carbocycles. The summed E-state index contributed by atoms with van der Waals surface area (Å²) in [7, 11) is 0. The molecule has 3 aromatic rings.